The second-order valence-electron chi connectivity index (χ2n) is 7.78. The molecule has 0 aromatic heterocycles. The maximum Gasteiger partial charge on any atom is 0.260 e. The van der Waals surface area contributed by atoms with Gasteiger partial charge in [-0.3, -0.25) is 9.59 Å². The Morgan fingerprint density at radius 1 is 1.25 bits per heavy atom. The summed E-state index contributed by atoms with van der Waals surface area (Å²) in [5.74, 6) is 0.781. The van der Waals surface area contributed by atoms with Crippen LogP contribution in [0.25, 0.3) is 0 Å². The largest absolute Gasteiger partial charge is 0.484 e. The SMILES string of the molecule is CCCCN(C)C[C@@H](C)NC(=O)C1CCN(C(=O)COc2ccccc2)CC1. The van der Waals surface area contributed by atoms with E-state index in [0.717, 1.165) is 13.1 Å². The molecule has 1 fully saturated rings. The van der Waals surface area contributed by atoms with Crippen molar-refractivity contribution in [2.75, 3.05) is 39.8 Å². The highest BCUT2D eigenvalue weighted by molar-refractivity contribution is 5.80. The lowest BCUT2D eigenvalue weighted by atomic mass is 9.95. The van der Waals surface area contributed by atoms with Crippen LogP contribution in [0.4, 0.5) is 0 Å². The summed E-state index contributed by atoms with van der Waals surface area (Å²) in [5.41, 5.74) is 0. The van der Waals surface area contributed by atoms with Crippen LogP contribution in [-0.2, 0) is 9.59 Å². The van der Waals surface area contributed by atoms with Gasteiger partial charge in [0.2, 0.25) is 5.91 Å². The molecule has 1 aliphatic rings. The van der Waals surface area contributed by atoms with Crippen LogP contribution in [0.15, 0.2) is 30.3 Å². The number of benzene rings is 1. The standard InChI is InChI=1S/C22H35N3O3/c1-4-5-13-24(3)16-18(2)23-22(27)19-11-14-25(15-12-19)21(26)17-28-20-9-7-6-8-10-20/h6-10,18-19H,4-5,11-17H2,1-3H3,(H,23,27)/t18-/m1/s1. The van der Waals surface area contributed by atoms with Crippen molar-refractivity contribution in [3.8, 4) is 5.75 Å². The molecule has 0 saturated carbocycles. The van der Waals surface area contributed by atoms with Crippen LogP contribution < -0.4 is 10.1 Å². The highest BCUT2D eigenvalue weighted by Gasteiger charge is 2.28. The van der Waals surface area contributed by atoms with Crippen molar-refractivity contribution in [1.29, 1.82) is 0 Å². The van der Waals surface area contributed by atoms with Gasteiger partial charge >= 0.3 is 0 Å². The molecule has 28 heavy (non-hydrogen) atoms. The predicted molar refractivity (Wildman–Crippen MR) is 111 cm³/mol. The van der Waals surface area contributed by atoms with Crippen molar-refractivity contribution < 1.29 is 14.3 Å². The Labute approximate surface area is 169 Å². The molecule has 1 atom stereocenters. The Morgan fingerprint density at radius 2 is 1.93 bits per heavy atom. The molecule has 1 aliphatic heterocycles. The lowest BCUT2D eigenvalue weighted by molar-refractivity contribution is -0.137. The summed E-state index contributed by atoms with van der Waals surface area (Å²) in [6, 6.07) is 9.48. The minimum atomic E-state index is -0.0198. The zero-order chi connectivity index (χ0) is 20.4. The fourth-order valence-corrected chi connectivity index (χ4v) is 3.54. The van der Waals surface area contributed by atoms with E-state index in [9.17, 15) is 9.59 Å². The molecule has 2 rings (SSSR count). The molecular formula is C22H35N3O3. The van der Waals surface area contributed by atoms with Crippen molar-refractivity contribution in [3.05, 3.63) is 30.3 Å². The van der Waals surface area contributed by atoms with E-state index in [1.807, 2.05) is 30.3 Å². The third-order valence-corrected chi connectivity index (χ3v) is 5.19. The topological polar surface area (TPSA) is 61.9 Å². The minimum absolute atomic E-state index is 0.0116. The van der Waals surface area contributed by atoms with Gasteiger partial charge in [0.25, 0.3) is 5.91 Å². The molecule has 1 saturated heterocycles. The van der Waals surface area contributed by atoms with Gasteiger partial charge < -0.3 is 19.9 Å². The number of ether oxygens (including phenoxy) is 1. The normalized spacial score (nSPS) is 16.1. The first kappa shape index (κ1) is 22.2. The van der Waals surface area contributed by atoms with Gasteiger partial charge in [-0.25, -0.2) is 0 Å². The number of nitrogens with zero attached hydrogens (tertiary/aromatic N) is 2. The molecule has 0 aliphatic carbocycles. The highest BCUT2D eigenvalue weighted by Crippen LogP contribution is 2.18. The van der Waals surface area contributed by atoms with Crippen molar-refractivity contribution in [2.45, 2.75) is 45.6 Å². The number of amides is 2. The van der Waals surface area contributed by atoms with Crippen LogP contribution in [0.5, 0.6) is 5.75 Å². The average molecular weight is 390 g/mol. The molecule has 1 N–H and O–H groups in total. The maximum atomic E-state index is 12.5. The van der Waals surface area contributed by atoms with Crippen molar-refractivity contribution >= 4 is 11.8 Å². The molecule has 2 amide bonds. The van der Waals surface area contributed by atoms with E-state index in [2.05, 4.69) is 31.1 Å². The van der Waals surface area contributed by atoms with E-state index in [1.165, 1.54) is 12.8 Å². The molecule has 1 heterocycles. The monoisotopic (exact) mass is 389 g/mol. The lowest BCUT2D eigenvalue weighted by Crippen LogP contribution is -2.47. The van der Waals surface area contributed by atoms with Crippen LogP contribution in [0.2, 0.25) is 0 Å². The number of likely N-dealkylation sites (tertiary alicyclic amines) is 1. The quantitative estimate of drug-likeness (QED) is 0.668. The molecule has 0 spiro atoms. The molecule has 0 radical (unpaired) electrons. The molecule has 6 nitrogen and oxygen atoms in total. The summed E-state index contributed by atoms with van der Waals surface area (Å²) in [6.45, 7) is 7.42. The first-order chi connectivity index (χ1) is 13.5. The van der Waals surface area contributed by atoms with Gasteiger partial charge in [0.15, 0.2) is 6.61 Å². The van der Waals surface area contributed by atoms with Crippen LogP contribution >= 0.6 is 0 Å². The van der Waals surface area contributed by atoms with Gasteiger partial charge in [0.05, 0.1) is 0 Å². The van der Waals surface area contributed by atoms with Crippen molar-refractivity contribution in [3.63, 3.8) is 0 Å². The number of unbranched alkanes of at least 4 members (excludes halogenated alkanes) is 1. The molecule has 6 heteroatoms. The first-order valence-corrected chi connectivity index (χ1v) is 10.4. The van der Waals surface area contributed by atoms with Gasteiger partial charge in [0, 0.05) is 31.6 Å². The number of rotatable bonds is 10. The van der Waals surface area contributed by atoms with E-state index >= 15 is 0 Å². The van der Waals surface area contributed by atoms with Crippen LogP contribution in [0.1, 0.15) is 39.5 Å². The Morgan fingerprint density at radius 3 is 2.57 bits per heavy atom. The van der Waals surface area contributed by atoms with Gasteiger partial charge in [0.1, 0.15) is 5.75 Å². The summed E-state index contributed by atoms with van der Waals surface area (Å²) in [7, 11) is 2.10. The predicted octanol–water partition coefficient (Wildman–Crippen LogP) is 2.54. The number of carbonyl (C=O) groups is 2. The number of piperidine rings is 1. The fourth-order valence-electron chi connectivity index (χ4n) is 3.54. The number of likely N-dealkylation sites (N-methyl/N-ethyl adjacent to an activating group) is 1. The Bertz CT molecular complexity index is 600. The number of hydrogen-bond acceptors (Lipinski definition) is 4. The number of carbonyl (C=O) groups excluding carboxylic acids is 2. The van der Waals surface area contributed by atoms with E-state index in [1.54, 1.807) is 4.90 Å². The molecule has 156 valence electrons. The Kier molecular flexibility index (Phi) is 9.28. The van der Waals surface area contributed by atoms with E-state index in [4.69, 9.17) is 4.74 Å². The Balaban J connectivity index is 1.67. The molecule has 1 aromatic rings. The third-order valence-electron chi connectivity index (χ3n) is 5.19. The van der Waals surface area contributed by atoms with E-state index < -0.39 is 0 Å². The summed E-state index contributed by atoms with van der Waals surface area (Å²) < 4.78 is 5.54. The number of nitrogens with one attached hydrogen (secondary N) is 1. The maximum absolute atomic E-state index is 12.5. The van der Waals surface area contributed by atoms with Gasteiger partial charge in [-0.15, -0.1) is 0 Å². The smallest absolute Gasteiger partial charge is 0.260 e. The van der Waals surface area contributed by atoms with Crippen molar-refractivity contribution in [2.24, 2.45) is 5.92 Å². The molecule has 1 aromatic carbocycles. The van der Waals surface area contributed by atoms with E-state index in [0.29, 0.717) is 31.7 Å². The zero-order valence-electron chi connectivity index (χ0n) is 17.5. The summed E-state index contributed by atoms with van der Waals surface area (Å²) >= 11 is 0. The summed E-state index contributed by atoms with van der Waals surface area (Å²) in [6.07, 6.45) is 3.78. The fraction of sp³-hybridized carbons (Fsp3) is 0.636. The van der Waals surface area contributed by atoms with Gasteiger partial charge in [-0.2, -0.15) is 0 Å². The van der Waals surface area contributed by atoms with Crippen molar-refractivity contribution in [1.82, 2.24) is 15.1 Å². The summed E-state index contributed by atoms with van der Waals surface area (Å²) in [4.78, 5) is 28.9. The third kappa shape index (κ3) is 7.50. The van der Waals surface area contributed by atoms with Crippen LogP contribution in [-0.4, -0.2) is 67.5 Å². The van der Waals surface area contributed by atoms with Crippen LogP contribution in [0, 0.1) is 5.92 Å². The van der Waals surface area contributed by atoms with Gasteiger partial charge in [-0.05, 0) is 51.9 Å². The molecule has 0 bridgehead atoms. The Hall–Kier alpha value is -2.08. The number of hydrogen-bond donors (Lipinski definition) is 1. The highest BCUT2D eigenvalue weighted by atomic mass is 16.5. The van der Waals surface area contributed by atoms with Crippen LogP contribution in [0.3, 0.4) is 0 Å². The number of para-hydroxylation sites is 1. The molecular weight excluding hydrogens is 354 g/mol. The lowest BCUT2D eigenvalue weighted by Gasteiger charge is -2.32. The minimum Gasteiger partial charge on any atom is -0.484 e. The second kappa shape index (κ2) is 11.7. The molecule has 0 unspecified atom stereocenters. The average Bonchev–Trinajstić information content (AvgIpc) is 2.71. The summed E-state index contributed by atoms with van der Waals surface area (Å²) in [5, 5.41) is 3.14. The second-order valence-corrected chi connectivity index (χ2v) is 7.78. The first-order valence-electron chi connectivity index (χ1n) is 10.4. The van der Waals surface area contributed by atoms with E-state index in [-0.39, 0.29) is 30.4 Å². The zero-order valence-corrected chi connectivity index (χ0v) is 17.5. The van der Waals surface area contributed by atoms with Gasteiger partial charge in [-0.1, -0.05) is 31.5 Å².